The fourth-order valence-corrected chi connectivity index (χ4v) is 2.21. The van der Waals surface area contributed by atoms with E-state index in [1.165, 1.54) is 0 Å². The van der Waals surface area contributed by atoms with E-state index >= 15 is 0 Å². The number of esters is 1. The summed E-state index contributed by atoms with van der Waals surface area (Å²) in [6.07, 6.45) is 1.78. The zero-order chi connectivity index (χ0) is 16.1. The van der Waals surface area contributed by atoms with Crippen LogP contribution in [0.1, 0.15) is 40.5 Å². The van der Waals surface area contributed by atoms with Crippen LogP contribution in [0.4, 0.5) is 0 Å². The number of hydrogen-bond acceptors (Lipinski definition) is 5. The molecule has 0 spiro atoms. The highest BCUT2D eigenvalue weighted by molar-refractivity contribution is 5.75. The molecular formula is C16H34N2O3. The highest BCUT2D eigenvalue weighted by Gasteiger charge is 2.20. The third-order valence-electron chi connectivity index (χ3n) is 3.18. The Balaban J connectivity index is 4.38. The molecule has 0 heterocycles. The zero-order valence-corrected chi connectivity index (χ0v) is 14.5. The highest BCUT2D eigenvalue weighted by atomic mass is 16.5. The molecule has 1 atom stereocenters. The number of hydrogen-bond donors (Lipinski definition) is 1. The van der Waals surface area contributed by atoms with Crippen molar-refractivity contribution < 1.29 is 14.3 Å². The third kappa shape index (κ3) is 10.7. The Morgan fingerprint density at radius 2 is 1.95 bits per heavy atom. The van der Waals surface area contributed by atoms with Crippen molar-refractivity contribution in [3.05, 3.63) is 0 Å². The van der Waals surface area contributed by atoms with Crippen LogP contribution in [0.3, 0.4) is 0 Å². The minimum atomic E-state index is -0.206. The molecule has 0 aliphatic rings. The Hall–Kier alpha value is -0.650. The maximum Gasteiger partial charge on any atom is 0.323 e. The van der Waals surface area contributed by atoms with E-state index in [0.29, 0.717) is 12.5 Å². The summed E-state index contributed by atoms with van der Waals surface area (Å²) < 4.78 is 10.3. The lowest BCUT2D eigenvalue weighted by Gasteiger charge is -2.26. The van der Waals surface area contributed by atoms with E-state index in [9.17, 15) is 4.79 Å². The first kappa shape index (κ1) is 20.3. The van der Waals surface area contributed by atoms with Gasteiger partial charge in [-0.15, -0.1) is 0 Å². The number of nitrogens with one attached hydrogen (secondary N) is 1. The number of methoxy groups -OCH3 is 1. The summed E-state index contributed by atoms with van der Waals surface area (Å²) in [7, 11) is 1.72. The first-order valence-corrected chi connectivity index (χ1v) is 8.16. The molecule has 21 heavy (non-hydrogen) atoms. The highest BCUT2D eigenvalue weighted by Crippen LogP contribution is 2.04. The van der Waals surface area contributed by atoms with Crippen LogP contribution in [-0.2, 0) is 14.3 Å². The molecule has 5 heteroatoms. The average molecular weight is 302 g/mol. The Kier molecular flexibility index (Phi) is 12.6. The molecule has 0 amide bonds. The van der Waals surface area contributed by atoms with E-state index in [1.54, 1.807) is 7.11 Å². The van der Waals surface area contributed by atoms with Gasteiger partial charge in [-0.3, -0.25) is 4.79 Å². The van der Waals surface area contributed by atoms with Gasteiger partial charge >= 0.3 is 5.97 Å². The van der Waals surface area contributed by atoms with Gasteiger partial charge < -0.3 is 19.7 Å². The molecule has 0 aliphatic heterocycles. The van der Waals surface area contributed by atoms with Crippen LogP contribution in [0.5, 0.6) is 0 Å². The minimum absolute atomic E-state index is 0.137. The van der Waals surface area contributed by atoms with Gasteiger partial charge in [-0.1, -0.05) is 20.8 Å². The summed E-state index contributed by atoms with van der Waals surface area (Å²) in [5.41, 5.74) is 0. The third-order valence-corrected chi connectivity index (χ3v) is 3.18. The van der Waals surface area contributed by atoms with Crippen LogP contribution < -0.4 is 5.32 Å². The quantitative estimate of drug-likeness (QED) is 0.527. The lowest BCUT2D eigenvalue weighted by Crippen LogP contribution is -2.42. The predicted octanol–water partition coefficient (Wildman–Crippen LogP) is 1.91. The molecule has 1 N–H and O–H groups in total. The molecule has 0 fully saturated rings. The lowest BCUT2D eigenvalue weighted by atomic mass is 10.1. The van der Waals surface area contributed by atoms with Gasteiger partial charge in [0, 0.05) is 26.7 Å². The van der Waals surface area contributed by atoms with Crippen LogP contribution in [0.25, 0.3) is 0 Å². The van der Waals surface area contributed by atoms with Gasteiger partial charge in [0.1, 0.15) is 6.04 Å². The van der Waals surface area contributed by atoms with Crippen LogP contribution in [0.2, 0.25) is 0 Å². The van der Waals surface area contributed by atoms with Crippen LogP contribution in [-0.4, -0.2) is 63.4 Å². The fourth-order valence-electron chi connectivity index (χ4n) is 2.21. The summed E-state index contributed by atoms with van der Waals surface area (Å²) in [6.45, 7) is 13.1. The smallest absolute Gasteiger partial charge is 0.323 e. The van der Waals surface area contributed by atoms with E-state index in [0.717, 1.165) is 45.6 Å². The van der Waals surface area contributed by atoms with E-state index in [2.05, 4.69) is 31.0 Å². The van der Waals surface area contributed by atoms with Crippen molar-refractivity contribution in [2.45, 2.75) is 46.6 Å². The zero-order valence-electron chi connectivity index (χ0n) is 14.5. The topological polar surface area (TPSA) is 50.8 Å². The molecular weight excluding hydrogens is 268 g/mol. The molecule has 0 rings (SSSR count). The van der Waals surface area contributed by atoms with E-state index < -0.39 is 0 Å². The second kappa shape index (κ2) is 13.0. The largest absolute Gasteiger partial charge is 0.465 e. The summed E-state index contributed by atoms with van der Waals surface area (Å²) in [5.74, 6) is 0.466. The van der Waals surface area contributed by atoms with Gasteiger partial charge in [0.15, 0.2) is 0 Å². The van der Waals surface area contributed by atoms with Gasteiger partial charge in [0.2, 0.25) is 0 Å². The van der Waals surface area contributed by atoms with Gasteiger partial charge in [-0.2, -0.15) is 0 Å². The summed E-state index contributed by atoms with van der Waals surface area (Å²) in [5, 5.41) is 3.29. The molecule has 5 nitrogen and oxygen atoms in total. The van der Waals surface area contributed by atoms with Crippen molar-refractivity contribution in [1.29, 1.82) is 0 Å². The first-order valence-electron chi connectivity index (χ1n) is 8.16. The van der Waals surface area contributed by atoms with Crippen LogP contribution in [0.15, 0.2) is 0 Å². The molecule has 1 unspecified atom stereocenters. The SMILES string of the molecule is CCCNC(CCN(CCOC)CC(C)C)C(=O)OCC. The number of nitrogens with zero attached hydrogens (tertiary/aromatic N) is 1. The average Bonchev–Trinajstić information content (AvgIpc) is 2.44. The van der Waals surface area contributed by atoms with Crippen molar-refractivity contribution in [3.63, 3.8) is 0 Å². The first-order chi connectivity index (χ1) is 10.0. The number of rotatable bonds is 13. The Morgan fingerprint density at radius 1 is 1.24 bits per heavy atom. The van der Waals surface area contributed by atoms with E-state index in [4.69, 9.17) is 9.47 Å². The van der Waals surface area contributed by atoms with Crippen LogP contribution in [0, 0.1) is 5.92 Å². The normalized spacial score (nSPS) is 12.9. The van der Waals surface area contributed by atoms with Crippen LogP contribution >= 0.6 is 0 Å². The van der Waals surface area contributed by atoms with Crippen molar-refractivity contribution in [2.75, 3.05) is 46.5 Å². The van der Waals surface area contributed by atoms with Gasteiger partial charge in [0.05, 0.1) is 13.2 Å². The second-order valence-electron chi connectivity index (χ2n) is 5.73. The van der Waals surface area contributed by atoms with Gasteiger partial charge in [-0.05, 0) is 32.2 Å². The lowest BCUT2D eigenvalue weighted by molar-refractivity contribution is -0.145. The number of carbonyl (C=O) groups excluding carboxylic acids is 1. The molecule has 0 saturated heterocycles. The standard InChI is InChI=1S/C16H34N2O3/c1-6-9-17-15(16(19)21-7-2)8-10-18(11-12-20-5)13-14(3)4/h14-15,17H,6-13H2,1-5H3. The van der Waals surface area contributed by atoms with E-state index in [-0.39, 0.29) is 12.0 Å². The monoisotopic (exact) mass is 302 g/mol. The molecule has 0 saturated carbocycles. The molecule has 0 aromatic heterocycles. The van der Waals surface area contributed by atoms with Gasteiger partial charge in [0.25, 0.3) is 0 Å². The second-order valence-corrected chi connectivity index (χ2v) is 5.73. The maximum absolute atomic E-state index is 12.0. The van der Waals surface area contributed by atoms with E-state index in [1.807, 2.05) is 6.92 Å². The maximum atomic E-state index is 12.0. The molecule has 0 bridgehead atoms. The number of ether oxygens (including phenoxy) is 2. The molecule has 126 valence electrons. The Bertz CT molecular complexity index is 260. The minimum Gasteiger partial charge on any atom is -0.465 e. The molecule has 0 aliphatic carbocycles. The number of carbonyl (C=O) groups is 1. The Labute approximate surface area is 130 Å². The van der Waals surface area contributed by atoms with Gasteiger partial charge in [-0.25, -0.2) is 0 Å². The molecule has 0 aromatic rings. The summed E-state index contributed by atoms with van der Waals surface area (Å²) >= 11 is 0. The predicted molar refractivity (Wildman–Crippen MR) is 86.5 cm³/mol. The Morgan fingerprint density at radius 3 is 2.48 bits per heavy atom. The fraction of sp³-hybridized carbons (Fsp3) is 0.938. The van der Waals surface area contributed by atoms with Crippen molar-refractivity contribution in [2.24, 2.45) is 5.92 Å². The molecule has 0 radical (unpaired) electrons. The van der Waals surface area contributed by atoms with Crippen molar-refractivity contribution >= 4 is 5.97 Å². The van der Waals surface area contributed by atoms with Crippen molar-refractivity contribution in [1.82, 2.24) is 10.2 Å². The molecule has 0 aromatic carbocycles. The van der Waals surface area contributed by atoms with Crippen molar-refractivity contribution in [3.8, 4) is 0 Å². The summed E-state index contributed by atoms with van der Waals surface area (Å²) in [4.78, 5) is 14.3. The summed E-state index contributed by atoms with van der Waals surface area (Å²) in [6, 6.07) is -0.206.